The van der Waals surface area contributed by atoms with Gasteiger partial charge in [0, 0.05) is 19.8 Å². The summed E-state index contributed by atoms with van der Waals surface area (Å²) in [6, 6.07) is 0. The number of rotatable bonds is 13. The number of hydrogen-bond donors (Lipinski definition) is 1. The Hall–Kier alpha value is -2.43. The van der Waals surface area contributed by atoms with Crippen LogP contribution < -0.4 is 10.1 Å². The van der Waals surface area contributed by atoms with Crippen LogP contribution in [0.1, 0.15) is 52.9 Å². The Morgan fingerprint density at radius 2 is 1.53 bits per heavy atom. The van der Waals surface area contributed by atoms with E-state index in [2.05, 4.69) is 10.5 Å². The summed E-state index contributed by atoms with van der Waals surface area (Å²) >= 11 is 0. The third-order valence-electron chi connectivity index (χ3n) is 4.43. The Morgan fingerprint density at radius 3 is 1.94 bits per heavy atom. The van der Waals surface area contributed by atoms with Crippen molar-refractivity contribution in [3.8, 4) is 5.88 Å². The fourth-order valence-corrected chi connectivity index (χ4v) is 4.46. The molecule has 0 aromatic carbocycles. The number of nitrogens with one attached hydrogen (secondary N) is 1. The molecule has 0 aliphatic rings. The van der Waals surface area contributed by atoms with Gasteiger partial charge in [-0.25, -0.2) is 9.59 Å². The van der Waals surface area contributed by atoms with Crippen molar-refractivity contribution >= 4 is 25.4 Å². The van der Waals surface area contributed by atoms with Crippen LogP contribution in [0.3, 0.4) is 0 Å². The molecule has 0 saturated heterocycles. The lowest BCUT2D eigenvalue weighted by Crippen LogP contribution is -2.62. The number of esters is 2. The van der Waals surface area contributed by atoms with Crippen molar-refractivity contribution in [2.24, 2.45) is 5.41 Å². The number of aromatic nitrogens is 1. The van der Waals surface area contributed by atoms with Gasteiger partial charge in [-0.15, -0.1) is 0 Å². The summed E-state index contributed by atoms with van der Waals surface area (Å²) in [5.74, 6) is -2.63. The van der Waals surface area contributed by atoms with Gasteiger partial charge in [0.1, 0.15) is 5.76 Å². The topological polar surface area (TPSA) is 152 Å². The summed E-state index contributed by atoms with van der Waals surface area (Å²) < 4.78 is 44.0. The van der Waals surface area contributed by atoms with E-state index in [4.69, 9.17) is 27.8 Å². The van der Waals surface area contributed by atoms with E-state index >= 15 is 0 Å². The minimum atomic E-state index is -3.62. The summed E-state index contributed by atoms with van der Waals surface area (Å²) in [6.07, 6.45) is -0.609. The molecule has 0 saturated carbocycles. The number of hydrogen-bond acceptors (Lipinski definition) is 11. The highest BCUT2D eigenvalue weighted by Gasteiger charge is 2.51. The van der Waals surface area contributed by atoms with Crippen molar-refractivity contribution in [2.45, 2.75) is 59.9 Å². The van der Waals surface area contributed by atoms with Crippen LogP contribution >= 0.6 is 7.60 Å². The van der Waals surface area contributed by atoms with Gasteiger partial charge in [0.2, 0.25) is 11.4 Å². The Balaban J connectivity index is 3.57. The fourth-order valence-electron chi connectivity index (χ4n) is 3.17. The van der Waals surface area contributed by atoms with Crippen molar-refractivity contribution in [2.75, 3.05) is 33.8 Å². The van der Waals surface area contributed by atoms with Gasteiger partial charge in [0.25, 0.3) is 5.88 Å². The van der Waals surface area contributed by atoms with Crippen molar-refractivity contribution in [3.05, 3.63) is 11.3 Å². The summed E-state index contributed by atoms with van der Waals surface area (Å²) in [7, 11) is -1.47. The van der Waals surface area contributed by atoms with Crippen molar-refractivity contribution in [1.82, 2.24) is 10.5 Å². The molecule has 12 nitrogen and oxygen atoms in total. The smallest absolute Gasteiger partial charge is 0.367 e. The first-order chi connectivity index (χ1) is 15.8. The minimum absolute atomic E-state index is 0.123. The molecule has 0 radical (unpaired) electrons. The zero-order valence-corrected chi connectivity index (χ0v) is 21.9. The maximum absolute atomic E-state index is 12.8. The van der Waals surface area contributed by atoms with Crippen LogP contribution in [0.5, 0.6) is 5.88 Å². The van der Waals surface area contributed by atoms with E-state index in [0.717, 1.165) is 21.1 Å². The number of carbonyl (C=O) groups is 3. The standard InChI is InChI=1S/C21H35N2O10P/c1-9-31-34(27,32-10-2)13-30-17-15(16(33-23-17)12-20(4,5)6)11-21(18(25)28-7,19(26)29-8)22-14(3)24/h9-13H2,1-8H3,(H,22,24). The molecule has 1 aromatic rings. The highest BCUT2D eigenvalue weighted by molar-refractivity contribution is 7.53. The predicted molar refractivity (Wildman–Crippen MR) is 120 cm³/mol. The molecule has 194 valence electrons. The molecule has 13 heteroatoms. The van der Waals surface area contributed by atoms with Gasteiger partial charge in [-0.05, 0) is 24.4 Å². The molecule has 34 heavy (non-hydrogen) atoms. The molecule has 0 fully saturated rings. The van der Waals surface area contributed by atoms with E-state index in [1.807, 2.05) is 20.8 Å². The van der Waals surface area contributed by atoms with E-state index in [-0.39, 0.29) is 30.1 Å². The molecule has 1 aromatic heterocycles. The van der Waals surface area contributed by atoms with Gasteiger partial charge >= 0.3 is 19.5 Å². The van der Waals surface area contributed by atoms with E-state index in [1.165, 1.54) is 0 Å². The average Bonchev–Trinajstić information content (AvgIpc) is 3.09. The Kier molecular flexibility index (Phi) is 10.7. The Labute approximate surface area is 199 Å². The van der Waals surface area contributed by atoms with Gasteiger partial charge in [-0.1, -0.05) is 20.8 Å². The first-order valence-corrected chi connectivity index (χ1v) is 12.4. The molecule has 0 spiro atoms. The molecular weight excluding hydrogens is 471 g/mol. The second-order valence-corrected chi connectivity index (χ2v) is 10.6. The van der Waals surface area contributed by atoms with Gasteiger partial charge in [-0.3, -0.25) is 9.36 Å². The van der Waals surface area contributed by atoms with Crippen molar-refractivity contribution in [3.63, 3.8) is 0 Å². The monoisotopic (exact) mass is 506 g/mol. The third kappa shape index (κ3) is 7.82. The maximum atomic E-state index is 12.8. The SMILES string of the molecule is CCOP(=O)(COc1noc(CC(C)(C)C)c1CC(NC(C)=O)(C(=O)OC)C(=O)OC)OCC. The maximum Gasteiger partial charge on any atom is 0.367 e. The Morgan fingerprint density at radius 1 is 1.00 bits per heavy atom. The average molecular weight is 506 g/mol. The number of carbonyl (C=O) groups excluding carboxylic acids is 3. The molecule has 1 rings (SSSR count). The van der Waals surface area contributed by atoms with Gasteiger partial charge in [0.05, 0.1) is 33.0 Å². The summed E-state index contributed by atoms with van der Waals surface area (Å²) in [5.41, 5.74) is -2.33. The van der Waals surface area contributed by atoms with Crippen LogP contribution in [0, 0.1) is 5.41 Å². The molecule has 0 atom stereocenters. The zero-order chi connectivity index (χ0) is 26.2. The number of nitrogens with zero attached hydrogens (tertiary/aromatic N) is 1. The van der Waals surface area contributed by atoms with E-state index in [1.54, 1.807) is 13.8 Å². The molecule has 0 aliphatic carbocycles. The number of methoxy groups -OCH3 is 2. The summed E-state index contributed by atoms with van der Waals surface area (Å²) in [6.45, 7) is 10.5. The van der Waals surface area contributed by atoms with Gasteiger partial charge < -0.3 is 33.1 Å². The second-order valence-electron chi connectivity index (χ2n) is 8.59. The fraction of sp³-hybridized carbons (Fsp3) is 0.714. The largest absolute Gasteiger partial charge is 0.467 e. The quantitative estimate of drug-likeness (QED) is 0.239. The van der Waals surface area contributed by atoms with Crippen LogP contribution in [0.15, 0.2) is 4.52 Å². The van der Waals surface area contributed by atoms with Crippen LogP contribution in [-0.2, 0) is 50.3 Å². The molecule has 0 bridgehead atoms. The molecule has 1 N–H and O–H groups in total. The Bertz CT molecular complexity index is 880. The first kappa shape index (κ1) is 29.6. The number of amides is 1. The lowest BCUT2D eigenvalue weighted by Gasteiger charge is -2.29. The first-order valence-electron chi connectivity index (χ1n) is 10.7. The lowest BCUT2D eigenvalue weighted by molar-refractivity contribution is -0.165. The van der Waals surface area contributed by atoms with E-state index in [0.29, 0.717) is 12.2 Å². The second kappa shape index (κ2) is 12.3. The zero-order valence-electron chi connectivity index (χ0n) is 21.0. The summed E-state index contributed by atoms with van der Waals surface area (Å²) in [5, 5.41) is 6.26. The normalized spacial score (nSPS) is 12.2. The molecule has 0 unspecified atom stereocenters. The predicted octanol–water partition coefficient (Wildman–Crippen LogP) is 2.63. The molecule has 0 aliphatic heterocycles. The highest BCUT2D eigenvalue weighted by atomic mass is 31.2. The van der Waals surface area contributed by atoms with Gasteiger partial charge in [0.15, 0.2) is 6.35 Å². The van der Waals surface area contributed by atoms with Gasteiger partial charge in [-0.2, -0.15) is 0 Å². The summed E-state index contributed by atoms with van der Waals surface area (Å²) in [4.78, 5) is 37.5. The molecular formula is C21H35N2O10P. The van der Waals surface area contributed by atoms with Crippen LogP contribution in [0.2, 0.25) is 0 Å². The van der Waals surface area contributed by atoms with Crippen molar-refractivity contribution < 1.29 is 46.7 Å². The van der Waals surface area contributed by atoms with E-state index in [9.17, 15) is 18.9 Å². The third-order valence-corrected chi connectivity index (χ3v) is 6.18. The van der Waals surface area contributed by atoms with Crippen LogP contribution in [0.25, 0.3) is 0 Å². The van der Waals surface area contributed by atoms with Crippen molar-refractivity contribution in [1.29, 1.82) is 0 Å². The highest BCUT2D eigenvalue weighted by Crippen LogP contribution is 2.48. The lowest BCUT2D eigenvalue weighted by atomic mass is 9.85. The molecule has 1 heterocycles. The van der Waals surface area contributed by atoms with Crippen LogP contribution in [0.4, 0.5) is 0 Å². The number of ether oxygens (including phenoxy) is 3. The molecule has 1 amide bonds. The van der Waals surface area contributed by atoms with Crippen LogP contribution in [-0.4, -0.2) is 62.3 Å². The van der Waals surface area contributed by atoms with E-state index < -0.39 is 43.7 Å². The minimum Gasteiger partial charge on any atom is -0.467 e.